The highest BCUT2D eigenvalue weighted by Crippen LogP contribution is 2.36. The molecule has 0 bridgehead atoms. The Labute approximate surface area is 121 Å². The van der Waals surface area contributed by atoms with Crippen molar-refractivity contribution in [2.75, 3.05) is 0 Å². The maximum Gasteiger partial charge on any atom is 0.335 e. The molecule has 0 heterocycles. The summed E-state index contributed by atoms with van der Waals surface area (Å²) in [6, 6.07) is 5.56. The van der Waals surface area contributed by atoms with Gasteiger partial charge in [-0.15, -0.1) is 0 Å². The van der Waals surface area contributed by atoms with Crippen LogP contribution >= 0.6 is 0 Å². The average Bonchev–Trinajstić information content (AvgIpc) is 2.13. The Hall–Kier alpha value is -0.778. The van der Waals surface area contributed by atoms with Crippen molar-refractivity contribution in [3.63, 3.8) is 0 Å². The molecule has 100 valence electrons. The van der Waals surface area contributed by atoms with E-state index in [2.05, 4.69) is 41.5 Å². The summed E-state index contributed by atoms with van der Waals surface area (Å²) < 4.78 is 0. The maximum absolute atomic E-state index is 11.3. The first-order valence-electron chi connectivity index (χ1n) is 5.92. The molecule has 0 radical (unpaired) electrons. The molecule has 0 aliphatic heterocycles. The van der Waals surface area contributed by atoms with Crippen LogP contribution in [0.1, 0.15) is 63.0 Å². The van der Waals surface area contributed by atoms with E-state index in [4.69, 9.17) is 0 Å². The highest BCUT2D eigenvalue weighted by atomic mass is 27.0. The van der Waals surface area contributed by atoms with Gasteiger partial charge < -0.3 is 5.11 Å². The van der Waals surface area contributed by atoms with Gasteiger partial charge >= 0.3 is 5.97 Å². The van der Waals surface area contributed by atoms with Crippen molar-refractivity contribution in [2.45, 2.75) is 52.4 Å². The van der Waals surface area contributed by atoms with E-state index in [-0.39, 0.29) is 28.2 Å². The molecule has 0 saturated heterocycles. The van der Waals surface area contributed by atoms with Crippen molar-refractivity contribution >= 4 is 23.3 Å². The van der Waals surface area contributed by atoms with Gasteiger partial charge in [-0.1, -0.05) is 53.7 Å². The molecule has 1 N–H and O–H groups in total. The fourth-order valence-electron chi connectivity index (χ4n) is 2.16. The Kier molecular flexibility index (Phi) is 5.23. The smallest absolute Gasteiger partial charge is 0.335 e. The summed E-state index contributed by atoms with van der Waals surface area (Å²) in [4.78, 5) is 11.3. The zero-order valence-electron chi connectivity index (χ0n) is 11.6. The molecule has 0 fully saturated rings. The molecular formula is C15H25AlO2. The van der Waals surface area contributed by atoms with Crippen LogP contribution in [0.5, 0.6) is 0 Å². The van der Waals surface area contributed by atoms with Crippen molar-refractivity contribution < 1.29 is 9.90 Å². The minimum atomic E-state index is -0.846. The Morgan fingerprint density at radius 1 is 1.00 bits per heavy atom. The van der Waals surface area contributed by atoms with Gasteiger partial charge in [0, 0.05) is 0 Å². The first-order valence-corrected chi connectivity index (χ1v) is 5.92. The summed E-state index contributed by atoms with van der Waals surface area (Å²) in [6.07, 6.45) is 0. The lowest BCUT2D eigenvalue weighted by atomic mass is 9.73. The van der Waals surface area contributed by atoms with Crippen molar-refractivity contribution in [1.82, 2.24) is 0 Å². The normalized spacial score (nSPS) is 11.9. The molecule has 0 unspecified atom stereocenters. The molecule has 0 aromatic heterocycles. The molecule has 18 heavy (non-hydrogen) atoms. The number of benzene rings is 1. The minimum absolute atomic E-state index is 0. The summed E-state index contributed by atoms with van der Waals surface area (Å²) in [5.74, 6) is -0.846. The van der Waals surface area contributed by atoms with Crippen molar-refractivity contribution in [3.8, 4) is 0 Å². The fourth-order valence-corrected chi connectivity index (χ4v) is 2.16. The van der Waals surface area contributed by atoms with E-state index in [1.54, 1.807) is 6.07 Å². The Morgan fingerprint density at radius 2 is 1.50 bits per heavy atom. The van der Waals surface area contributed by atoms with Crippen LogP contribution in [0.15, 0.2) is 18.2 Å². The maximum atomic E-state index is 11.3. The molecule has 1 aromatic carbocycles. The second-order valence-corrected chi connectivity index (χ2v) is 6.53. The molecule has 0 aliphatic carbocycles. The second kappa shape index (κ2) is 5.47. The molecule has 0 spiro atoms. The first kappa shape index (κ1) is 17.2. The average molecular weight is 264 g/mol. The first-order chi connectivity index (χ1) is 7.55. The van der Waals surface area contributed by atoms with E-state index in [1.807, 2.05) is 12.1 Å². The summed E-state index contributed by atoms with van der Waals surface area (Å²) in [6.45, 7) is 12.5. The van der Waals surface area contributed by atoms with E-state index in [0.29, 0.717) is 5.56 Å². The van der Waals surface area contributed by atoms with Crippen molar-refractivity contribution in [3.05, 3.63) is 34.9 Å². The molecular weight excluding hydrogens is 239 g/mol. The Bertz CT molecular complexity index is 437. The predicted octanol–water partition coefficient (Wildman–Crippen LogP) is 2.80. The minimum Gasteiger partial charge on any atom is -0.478 e. The van der Waals surface area contributed by atoms with Crippen LogP contribution in [0.3, 0.4) is 0 Å². The number of aromatic carboxylic acids is 1. The van der Waals surface area contributed by atoms with Crippen LogP contribution in [0, 0.1) is 0 Å². The molecule has 0 amide bonds. The zero-order valence-corrected chi connectivity index (χ0v) is 11.6. The highest BCUT2D eigenvalue weighted by Gasteiger charge is 2.29. The van der Waals surface area contributed by atoms with Crippen LogP contribution in [-0.4, -0.2) is 28.4 Å². The van der Waals surface area contributed by atoms with Gasteiger partial charge in [0.1, 0.15) is 0 Å². The summed E-state index contributed by atoms with van der Waals surface area (Å²) >= 11 is 0. The summed E-state index contributed by atoms with van der Waals surface area (Å²) in [5.41, 5.74) is 2.26. The van der Waals surface area contributed by atoms with E-state index >= 15 is 0 Å². The van der Waals surface area contributed by atoms with E-state index in [0.717, 1.165) is 11.1 Å². The zero-order chi connectivity index (χ0) is 13.4. The number of hydrogen-bond acceptors (Lipinski definition) is 1. The largest absolute Gasteiger partial charge is 0.478 e. The molecule has 2 nitrogen and oxygen atoms in total. The third-order valence-electron chi connectivity index (χ3n) is 2.85. The molecule has 0 aliphatic rings. The van der Waals surface area contributed by atoms with Crippen LogP contribution in [0.25, 0.3) is 0 Å². The van der Waals surface area contributed by atoms with Gasteiger partial charge in [0.25, 0.3) is 0 Å². The quantitative estimate of drug-likeness (QED) is 0.792. The SMILES string of the molecule is CC(C)(C)c1cccc(C(=O)O)c1C(C)(C)C.[AlH3]. The number of carboxylic acids is 1. The van der Waals surface area contributed by atoms with E-state index in [1.165, 1.54) is 0 Å². The second-order valence-electron chi connectivity index (χ2n) is 6.53. The number of hydrogen-bond donors (Lipinski definition) is 1. The van der Waals surface area contributed by atoms with Gasteiger partial charge in [-0.3, -0.25) is 0 Å². The number of carbonyl (C=O) groups is 1. The lowest BCUT2D eigenvalue weighted by molar-refractivity contribution is 0.0694. The monoisotopic (exact) mass is 264 g/mol. The van der Waals surface area contributed by atoms with E-state index in [9.17, 15) is 9.90 Å². The van der Waals surface area contributed by atoms with Gasteiger partial charge in [0.15, 0.2) is 17.4 Å². The third kappa shape index (κ3) is 3.61. The molecule has 0 atom stereocenters. The van der Waals surface area contributed by atoms with Crippen LogP contribution < -0.4 is 0 Å². The number of rotatable bonds is 1. The predicted molar refractivity (Wildman–Crippen MR) is 80.7 cm³/mol. The summed E-state index contributed by atoms with van der Waals surface area (Å²) in [5, 5.41) is 9.32. The van der Waals surface area contributed by atoms with Crippen molar-refractivity contribution in [1.29, 1.82) is 0 Å². The lowest BCUT2D eigenvalue weighted by Crippen LogP contribution is -2.25. The van der Waals surface area contributed by atoms with Gasteiger partial charge in [0.05, 0.1) is 5.56 Å². The lowest BCUT2D eigenvalue weighted by Gasteiger charge is -2.31. The molecule has 1 aromatic rings. The molecule has 0 saturated carbocycles. The van der Waals surface area contributed by atoms with Gasteiger partial charge in [-0.05, 0) is 28.0 Å². The highest BCUT2D eigenvalue weighted by molar-refractivity contribution is 5.90. The fraction of sp³-hybridized carbons (Fsp3) is 0.533. The summed E-state index contributed by atoms with van der Waals surface area (Å²) in [7, 11) is 0. The third-order valence-corrected chi connectivity index (χ3v) is 2.85. The van der Waals surface area contributed by atoms with Crippen LogP contribution in [-0.2, 0) is 10.8 Å². The van der Waals surface area contributed by atoms with E-state index < -0.39 is 5.97 Å². The van der Waals surface area contributed by atoms with Gasteiger partial charge in [-0.25, -0.2) is 4.79 Å². The Balaban J connectivity index is 0.00000289. The number of carboxylic acid groups (broad SMARTS) is 1. The molecule has 3 heteroatoms. The van der Waals surface area contributed by atoms with Gasteiger partial charge in [-0.2, -0.15) is 0 Å². The van der Waals surface area contributed by atoms with Gasteiger partial charge in [0.2, 0.25) is 0 Å². The van der Waals surface area contributed by atoms with Crippen molar-refractivity contribution in [2.24, 2.45) is 0 Å². The van der Waals surface area contributed by atoms with Crippen LogP contribution in [0.2, 0.25) is 0 Å². The standard InChI is InChI=1S/C15H22O2.Al.3H/c1-14(2,3)11-9-7-8-10(13(16)17)12(11)15(4,5)6;;;;/h7-9H,1-6H3,(H,16,17);;;;. The topological polar surface area (TPSA) is 37.3 Å². The Morgan fingerprint density at radius 3 is 1.83 bits per heavy atom. The molecule has 1 rings (SSSR count). The van der Waals surface area contributed by atoms with Crippen LogP contribution in [0.4, 0.5) is 0 Å².